The van der Waals surface area contributed by atoms with Crippen LogP contribution in [-0.2, 0) is 9.59 Å². The molecule has 2 amide bonds. The van der Waals surface area contributed by atoms with Crippen molar-refractivity contribution < 1.29 is 19.4 Å². The highest BCUT2D eigenvalue weighted by molar-refractivity contribution is 6.07. The van der Waals surface area contributed by atoms with Crippen LogP contribution < -0.4 is 9.64 Å². The van der Waals surface area contributed by atoms with E-state index in [9.17, 15) is 14.7 Å². The largest absolute Gasteiger partial charge is 0.489 e. The first-order valence-electron chi connectivity index (χ1n) is 12.3. The van der Waals surface area contributed by atoms with Gasteiger partial charge in [-0.25, -0.2) is 4.98 Å². The number of nitrogens with zero attached hydrogens (tertiary/aromatic N) is 4. The number of fused-ring (bicyclic) bond motifs is 2. The summed E-state index contributed by atoms with van der Waals surface area (Å²) in [5.41, 5.74) is 2.50. The third kappa shape index (κ3) is 4.73. The average Bonchev–Trinajstić information content (AvgIpc) is 3.60. The average molecular weight is 478 g/mol. The van der Waals surface area contributed by atoms with E-state index in [0.29, 0.717) is 37.3 Å². The summed E-state index contributed by atoms with van der Waals surface area (Å²) in [6.45, 7) is 3.38. The summed E-state index contributed by atoms with van der Waals surface area (Å²) in [4.78, 5) is 34.1. The first kappa shape index (κ1) is 23.3. The lowest BCUT2D eigenvalue weighted by Crippen LogP contribution is -2.41. The van der Waals surface area contributed by atoms with Gasteiger partial charge in [0.15, 0.2) is 5.65 Å². The van der Waals surface area contributed by atoms with Crippen LogP contribution in [-0.4, -0.2) is 69.3 Å². The molecule has 3 atom stereocenters. The molecule has 184 valence electrons. The summed E-state index contributed by atoms with van der Waals surface area (Å²) in [5, 5.41) is 17.1. The zero-order valence-corrected chi connectivity index (χ0v) is 19.9. The first-order valence-corrected chi connectivity index (χ1v) is 12.3. The number of carbonyl (C=O) groups is 2. The van der Waals surface area contributed by atoms with Crippen LogP contribution in [0.2, 0.25) is 0 Å². The van der Waals surface area contributed by atoms with Gasteiger partial charge in [-0.3, -0.25) is 14.7 Å². The summed E-state index contributed by atoms with van der Waals surface area (Å²) in [6.07, 6.45) is 6.29. The van der Waals surface area contributed by atoms with Gasteiger partial charge in [0.2, 0.25) is 11.8 Å². The molecule has 9 nitrogen and oxygen atoms in total. The fourth-order valence-electron chi connectivity index (χ4n) is 5.13. The van der Waals surface area contributed by atoms with Gasteiger partial charge in [-0.05, 0) is 43.4 Å². The van der Waals surface area contributed by atoms with Gasteiger partial charge >= 0.3 is 0 Å². The summed E-state index contributed by atoms with van der Waals surface area (Å²) >= 11 is 0. The Morgan fingerprint density at radius 2 is 2.17 bits per heavy atom. The Labute approximate surface area is 204 Å². The van der Waals surface area contributed by atoms with Crippen LogP contribution >= 0.6 is 0 Å². The fraction of sp³-hybridized carbons (Fsp3) is 0.462. The topological polar surface area (TPSA) is 112 Å². The van der Waals surface area contributed by atoms with E-state index in [-0.39, 0.29) is 42.9 Å². The molecule has 1 aromatic carbocycles. The number of rotatable bonds is 9. The molecule has 1 fully saturated rings. The number of hydrogen-bond donors (Lipinski definition) is 2. The summed E-state index contributed by atoms with van der Waals surface area (Å²) in [5.74, 6) is 0.414. The van der Waals surface area contributed by atoms with Crippen molar-refractivity contribution in [2.75, 3.05) is 31.1 Å². The number of amides is 2. The number of H-pyrrole nitrogens is 1. The molecule has 2 unspecified atom stereocenters. The lowest BCUT2D eigenvalue weighted by Gasteiger charge is -2.23. The van der Waals surface area contributed by atoms with E-state index in [1.165, 1.54) is 0 Å². The smallest absolute Gasteiger partial charge is 0.242 e. The predicted molar refractivity (Wildman–Crippen MR) is 131 cm³/mol. The molecule has 2 aliphatic rings. The van der Waals surface area contributed by atoms with Crippen molar-refractivity contribution in [2.24, 2.45) is 5.92 Å². The first-order chi connectivity index (χ1) is 17.1. The van der Waals surface area contributed by atoms with Crippen molar-refractivity contribution in [3.05, 3.63) is 48.3 Å². The Bertz CT molecular complexity index is 1210. The number of para-hydroxylation sites is 1. The highest BCUT2D eigenvalue weighted by Gasteiger charge is 2.39. The van der Waals surface area contributed by atoms with E-state index in [1.807, 2.05) is 30.3 Å². The Kier molecular flexibility index (Phi) is 6.68. The van der Waals surface area contributed by atoms with Crippen LogP contribution in [0, 0.1) is 5.92 Å². The van der Waals surface area contributed by atoms with Crippen LogP contribution in [0.3, 0.4) is 0 Å². The zero-order chi connectivity index (χ0) is 24.4. The van der Waals surface area contributed by atoms with Gasteiger partial charge in [0.25, 0.3) is 0 Å². The van der Waals surface area contributed by atoms with Gasteiger partial charge in [0.1, 0.15) is 12.3 Å². The highest BCUT2D eigenvalue weighted by Crippen LogP contribution is 2.40. The SMILES string of the molecule is CCC(CCC1C(=O)N(CC(=O)N2CC[C@H](CO)C2)c2ccccc21)Oc1cnc2[nH]ncc2c1. The van der Waals surface area contributed by atoms with Gasteiger partial charge in [-0.2, -0.15) is 5.10 Å². The Morgan fingerprint density at radius 3 is 2.97 bits per heavy atom. The molecule has 0 aliphatic carbocycles. The number of benzene rings is 1. The number of ether oxygens (including phenoxy) is 1. The van der Waals surface area contributed by atoms with E-state index in [2.05, 4.69) is 22.1 Å². The van der Waals surface area contributed by atoms with E-state index in [4.69, 9.17) is 4.74 Å². The van der Waals surface area contributed by atoms with Crippen LogP contribution in [0.1, 0.15) is 44.1 Å². The number of likely N-dealkylation sites (tertiary alicyclic amines) is 1. The molecule has 4 heterocycles. The van der Waals surface area contributed by atoms with Gasteiger partial charge in [0.05, 0.1) is 24.4 Å². The molecular weight excluding hydrogens is 446 g/mol. The monoisotopic (exact) mass is 477 g/mol. The normalized spacial score (nSPS) is 20.5. The number of hydrogen-bond acceptors (Lipinski definition) is 6. The minimum absolute atomic E-state index is 0.0335. The number of pyridine rings is 1. The molecular formula is C26H31N5O4. The standard InChI is InChI=1S/C26H31N5O4/c1-2-19(35-20-11-18-12-28-29-25(18)27-13-20)7-8-22-21-5-3-4-6-23(21)31(26(22)34)15-24(33)30-10-9-17(14-30)16-32/h3-6,11-13,17,19,22,32H,2,7-10,14-16H2,1H3,(H,27,28,29)/t17-,19?,22?/m0/s1. The number of nitrogens with one attached hydrogen (secondary N) is 1. The fourth-order valence-corrected chi connectivity index (χ4v) is 5.13. The van der Waals surface area contributed by atoms with E-state index in [0.717, 1.165) is 29.5 Å². The second-order valence-corrected chi connectivity index (χ2v) is 9.42. The molecule has 35 heavy (non-hydrogen) atoms. The van der Waals surface area contributed by atoms with Gasteiger partial charge in [-0.15, -0.1) is 0 Å². The van der Waals surface area contributed by atoms with Crippen LogP contribution in [0.15, 0.2) is 42.7 Å². The Balaban J connectivity index is 1.25. The van der Waals surface area contributed by atoms with E-state index < -0.39 is 0 Å². The maximum atomic E-state index is 13.5. The third-order valence-corrected chi connectivity index (χ3v) is 7.16. The second kappa shape index (κ2) is 10.0. The number of aromatic nitrogens is 3. The minimum atomic E-state index is -0.296. The minimum Gasteiger partial charge on any atom is -0.489 e. The third-order valence-electron chi connectivity index (χ3n) is 7.16. The zero-order valence-electron chi connectivity index (χ0n) is 19.9. The molecule has 3 aromatic rings. The van der Waals surface area contributed by atoms with Crippen molar-refractivity contribution in [1.29, 1.82) is 0 Å². The molecule has 2 N–H and O–H groups in total. The molecule has 0 saturated carbocycles. The van der Waals surface area contributed by atoms with Crippen LogP contribution in [0.4, 0.5) is 5.69 Å². The quantitative estimate of drug-likeness (QED) is 0.490. The number of aliphatic hydroxyl groups excluding tert-OH is 1. The summed E-state index contributed by atoms with van der Waals surface area (Å²) in [6, 6.07) is 9.66. The molecule has 2 aromatic heterocycles. The van der Waals surface area contributed by atoms with Crippen molar-refractivity contribution in [3.63, 3.8) is 0 Å². The van der Waals surface area contributed by atoms with Gasteiger partial charge < -0.3 is 19.6 Å². The maximum Gasteiger partial charge on any atom is 0.242 e. The number of aromatic amines is 1. The molecule has 9 heteroatoms. The van der Waals surface area contributed by atoms with E-state index in [1.54, 1.807) is 22.2 Å². The molecule has 1 saturated heterocycles. The van der Waals surface area contributed by atoms with Crippen LogP contribution in [0.25, 0.3) is 11.0 Å². The van der Waals surface area contributed by atoms with Gasteiger partial charge in [-0.1, -0.05) is 25.1 Å². The molecule has 0 spiro atoms. The Morgan fingerprint density at radius 1 is 1.31 bits per heavy atom. The number of anilines is 1. The lowest BCUT2D eigenvalue weighted by molar-refractivity contribution is -0.130. The predicted octanol–water partition coefficient (Wildman–Crippen LogP) is 2.87. The molecule has 2 aliphatic heterocycles. The Hall–Kier alpha value is -3.46. The number of aliphatic hydroxyl groups is 1. The molecule has 0 bridgehead atoms. The van der Waals surface area contributed by atoms with Crippen molar-refractivity contribution in [1.82, 2.24) is 20.1 Å². The highest BCUT2D eigenvalue weighted by atomic mass is 16.5. The van der Waals surface area contributed by atoms with Gasteiger partial charge in [0, 0.05) is 36.7 Å². The van der Waals surface area contributed by atoms with Crippen molar-refractivity contribution in [2.45, 2.75) is 44.6 Å². The van der Waals surface area contributed by atoms with E-state index >= 15 is 0 Å². The van der Waals surface area contributed by atoms with Crippen molar-refractivity contribution >= 4 is 28.5 Å². The summed E-state index contributed by atoms with van der Waals surface area (Å²) in [7, 11) is 0. The lowest BCUT2D eigenvalue weighted by atomic mass is 9.94. The molecule has 0 radical (unpaired) electrons. The van der Waals surface area contributed by atoms with Crippen molar-refractivity contribution in [3.8, 4) is 5.75 Å². The maximum absolute atomic E-state index is 13.5. The second-order valence-electron chi connectivity index (χ2n) is 9.42. The number of carbonyl (C=O) groups excluding carboxylic acids is 2. The molecule has 5 rings (SSSR count). The van der Waals surface area contributed by atoms with Crippen LogP contribution in [0.5, 0.6) is 5.75 Å². The summed E-state index contributed by atoms with van der Waals surface area (Å²) < 4.78 is 6.19.